The van der Waals surface area contributed by atoms with Gasteiger partial charge in [-0.2, -0.15) is 0 Å². The molecule has 14 nitrogen and oxygen atoms in total. The highest BCUT2D eigenvalue weighted by molar-refractivity contribution is 7.90. The van der Waals surface area contributed by atoms with Crippen LogP contribution in [0.25, 0.3) is 0 Å². The van der Waals surface area contributed by atoms with Crippen molar-refractivity contribution in [2.45, 2.75) is 110 Å². The number of amides is 2. The van der Waals surface area contributed by atoms with E-state index >= 15 is 0 Å². The maximum Gasteiger partial charge on any atom is 0.413 e. The molecule has 2 aromatic heterocycles. The average molecular weight is 845 g/mol. The lowest BCUT2D eigenvalue weighted by Crippen LogP contribution is -2.27. The van der Waals surface area contributed by atoms with Gasteiger partial charge in [0.25, 0.3) is 0 Å². The van der Waals surface area contributed by atoms with Crippen LogP contribution in [0.5, 0.6) is 0 Å². The van der Waals surface area contributed by atoms with Gasteiger partial charge in [-0.25, -0.2) is 23.2 Å². The predicted molar refractivity (Wildman–Crippen MR) is 218 cm³/mol. The number of hydrogen-bond donors (Lipinski definition) is 2. The molecular formula is C37H57N4O10PS3. The summed E-state index contributed by atoms with van der Waals surface area (Å²) in [4.78, 5) is 44.9. The number of aryl methyl sites for hydroxylation is 1. The molecule has 1 fully saturated rings. The Morgan fingerprint density at radius 2 is 1.47 bits per heavy atom. The van der Waals surface area contributed by atoms with Gasteiger partial charge < -0.3 is 23.8 Å². The zero-order valence-electron chi connectivity index (χ0n) is 32.0. The fraction of sp³-hybridized carbons (Fsp3) is 0.595. The third kappa shape index (κ3) is 17.2. The first-order valence-corrected chi connectivity index (χ1v) is 23.3. The number of carbonyl (C=O) groups is 3. The van der Waals surface area contributed by atoms with Crippen LogP contribution in [0, 0.1) is 5.92 Å². The number of ether oxygens (including phenoxy) is 2. The van der Waals surface area contributed by atoms with Gasteiger partial charge in [0.15, 0.2) is 20.1 Å². The zero-order valence-corrected chi connectivity index (χ0v) is 35.4. The highest BCUT2D eigenvalue weighted by Gasteiger charge is 2.28. The van der Waals surface area contributed by atoms with Crippen LogP contribution < -0.4 is 10.6 Å². The summed E-state index contributed by atoms with van der Waals surface area (Å²) in [6.45, 7) is 11.6. The second-order valence-electron chi connectivity index (χ2n) is 13.6. The molecule has 1 atom stereocenters. The van der Waals surface area contributed by atoms with Crippen LogP contribution in [0.15, 0.2) is 39.9 Å². The summed E-state index contributed by atoms with van der Waals surface area (Å²) in [6.07, 6.45) is 6.62. The molecule has 0 aliphatic heterocycles. The van der Waals surface area contributed by atoms with E-state index in [2.05, 4.69) is 20.6 Å². The number of nitrogens with one attached hydrogen (secondary N) is 2. The number of rotatable bonds is 17. The fourth-order valence-electron chi connectivity index (χ4n) is 5.60. The van der Waals surface area contributed by atoms with Gasteiger partial charge in [-0.05, 0) is 71.6 Å². The van der Waals surface area contributed by atoms with E-state index in [-0.39, 0.29) is 36.8 Å². The molecule has 0 saturated heterocycles. The third-order valence-corrected chi connectivity index (χ3v) is 12.8. The minimum absolute atomic E-state index is 0. The van der Waals surface area contributed by atoms with Gasteiger partial charge in [-0.1, -0.05) is 45.2 Å². The van der Waals surface area contributed by atoms with Crippen LogP contribution in [0.2, 0.25) is 0 Å². The lowest BCUT2D eigenvalue weighted by Gasteiger charge is -2.20. The number of sulfone groups is 1. The Morgan fingerprint density at radius 1 is 0.909 bits per heavy atom. The Kier molecular flexibility index (Phi) is 19.6. The van der Waals surface area contributed by atoms with E-state index in [1.54, 1.807) is 71.2 Å². The molecule has 1 aliphatic carbocycles. The van der Waals surface area contributed by atoms with Crippen LogP contribution >= 0.6 is 30.3 Å². The Balaban J connectivity index is 0.000000444. The van der Waals surface area contributed by atoms with E-state index in [9.17, 15) is 27.4 Å². The highest BCUT2D eigenvalue weighted by atomic mass is 32.2. The number of nitrogens with zero attached hydrogens (tertiary/aromatic N) is 2. The molecule has 0 bridgehead atoms. The van der Waals surface area contributed by atoms with E-state index in [0.29, 0.717) is 54.5 Å². The van der Waals surface area contributed by atoms with Crippen molar-refractivity contribution in [2.24, 2.45) is 5.92 Å². The summed E-state index contributed by atoms with van der Waals surface area (Å²) >= 11 is 2.56. The molecule has 18 heteroatoms. The molecular weight excluding hydrogens is 788 g/mol. The molecule has 2 heterocycles. The minimum Gasteiger partial charge on any atom is -0.466 e. The molecule has 1 aromatic carbocycles. The minimum atomic E-state index is -3.30. The molecule has 1 saturated carbocycles. The van der Waals surface area contributed by atoms with Crippen molar-refractivity contribution in [3.63, 3.8) is 0 Å². The van der Waals surface area contributed by atoms with Crippen molar-refractivity contribution < 1.29 is 45.9 Å². The summed E-state index contributed by atoms with van der Waals surface area (Å²) in [7, 11) is -6.46. The number of hydrogen-bond acceptors (Lipinski definition) is 14. The molecule has 0 unspecified atom stereocenters. The van der Waals surface area contributed by atoms with E-state index < -0.39 is 35.0 Å². The van der Waals surface area contributed by atoms with Crippen molar-refractivity contribution in [1.82, 2.24) is 9.97 Å². The summed E-state index contributed by atoms with van der Waals surface area (Å²) in [5, 5.41) is 9.88. The molecule has 1 aliphatic rings. The number of benzene rings is 1. The maximum absolute atomic E-state index is 13.3. The fourth-order valence-corrected chi connectivity index (χ4v) is 9.30. The van der Waals surface area contributed by atoms with Crippen molar-refractivity contribution in [3.05, 3.63) is 52.0 Å². The van der Waals surface area contributed by atoms with Crippen molar-refractivity contribution >= 4 is 68.3 Å². The SMILES string of the molecule is C.CCOC(=O)Cc1csc(NC(=O)OC(C)(C)C)n1.CCOP(=O)(CCc1csc(NC(=O)[C@H](CC2CCCC2)c2ccc(S(C)(=O)=O)cc2)n1)OCC. The molecule has 308 valence electrons. The van der Waals surface area contributed by atoms with E-state index in [1.165, 1.54) is 41.8 Å². The number of esters is 1. The molecule has 0 spiro atoms. The highest BCUT2D eigenvalue weighted by Crippen LogP contribution is 2.48. The van der Waals surface area contributed by atoms with Crippen LogP contribution in [-0.2, 0) is 55.4 Å². The molecule has 2 amide bonds. The monoisotopic (exact) mass is 844 g/mol. The van der Waals surface area contributed by atoms with Crippen LogP contribution in [0.3, 0.4) is 0 Å². The zero-order chi connectivity index (χ0) is 39.9. The van der Waals surface area contributed by atoms with Crippen LogP contribution in [-0.4, -0.2) is 74.2 Å². The smallest absolute Gasteiger partial charge is 0.413 e. The van der Waals surface area contributed by atoms with Crippen LogP contribution in [0.4, 0.5) is 15.1 Å². The first kappa shape index (κ1) is 47.9. The Labute approximate surface area is 334 Å². The second-order valence-corrected chi connectivity index (χ2v) is 19.5. The largest absolute Gasteiger partial charge is 0.466 e. The van der Waals surface area contributed by atoms with Crippen molar-refractivity contribution in [3.8, 4) is 0 Å². The van der Waals surface area contributed by atoms with Gasteiger partial charge >= 0.3 is 19.7 Å². The van der Waals surface area contributed by atoms with Gasteiger partial charge in [-0.3, -0.25) is 19.5 Å². The van der Waals surface area contributed by atoms with Crippen molar-refractivity contribution in [2.75, 3.05) is 42.9 Å². The van der Waals surface area contributed by atoms with Gasteiger partial charge in [0.1, 0.15) is 5.60 Å². The molecule has 3 aromatic rings. The number of aromatic nitrogens is 2. The van der Waals surface area contributed by atoms with E-state index in [4.69, 9.17) is 18.5 Å². The quantitative estimate of drug-likeness (QED) is 0.0971. The predicted octanol–water partition coefficient (Wildman–Crippen LogP) is 8.89. The number of anilines is 2. The Bertz CT molecular complexity index is 1810. The van der Waals surface area contributed by atoms with Gasteiger partial charge in [0.05, 0.1) is 54.6 Å². The number of carbonyl (C=O) groups excluding carboxylic acids is 3. The lowest BCUT2D eigenvalue weighted by molar-refractivity contribution is -0.142. The standard InChI is InChI=1S/C24H35N2O6PS2.C12H18N2O4S.CH4/c1-4-31-33(28,32-5-2)15-14-20-17-34-24(25-20)26-23(27)22(16-18-8-6-7-9-18)19-10-12-21(13-11-19)35(3,29)30;1-5-17-9(15)6-8-7-19-10(13-8)14-11(16)18-12(2,3)4;/h10-13,17-18,22H,4-9,14-16H2,1-3H3,(H,25,26,27);7H,5-6H2,1-4H3,(H,13,14,16);1H4/t22-;;/m1../s1. The second kappa shape index (κ2) is 22.5. The first-order valence-electron chi connectivity index (χ1n) is 18.0. The van der Waals surface area contributed by atoms with Crippen LogP contribution in [0.1, 0.15) is 104 Å². The molecule has 2 N–H and O–H groups in total. The summed E-state index contributed by atoms with van der Waals surface area (Å²) in [5.74, 6) is -0.413. The average Bonchev–Trinajstić information content (AvgIpc) is 3.86. The molecule has 55 heavy (non-hydrogen) atoms. The summed E-state index contributed by atoms with van der Waals surface area (Å²) in [6, 6.07) is 6.61. The summed E-state index contributed by atoms with van der Waals surface area (Å²) in [5.41, 5.74) is 1.52. The summed E-state index contributed by atoms with van der Waals surface area (Å²) < 4.78 is 57.0. The Morgan fingerprint density at radius 3 is 2.02 bits per heavy atom. The lowest BCUT2D eigenvalue weighted by atomic mass is 9.87. The Hall–Kier alpha value is -3.21. The van der Waals surface area contributed by atoms with E-state index in [0.717, 1.165) is 24.1 Å². The van der Waals surface area contributed by atoms with Gasteiger partial charge in [-0.15, -0.1) is 22.7 Å². The first-order chi connectivity index (χ1) is 25.4. The normalized spacial score (nSPS) is 13.9. The number of thiazole rings is 2. The van der Waals surface area contributed by atoms with Gasteiger partial charge in [0, 0.05) is 23.4 Å². The topological polar surface area (TPSA) is 189 Å². The third-order valence-electron chi connectivity index (χ3n) is 7.94. The maximum atomic E-state index is 13.3. The van der Waals surface area contributed by atoms with Gasteiger partial charge in [0.2, 0.25) is 5.91 Å². The van der Waals surface area contributed by atoms with E-state index in [1.807, 2.05) is 5.38 Å². The molecule has 4 rings (SSSR count). The van der Waals surface area contributed by atoms with Crippen molar-refractivity contribution in [1.29, 1.82) is 0 Å². The molecule has 0 radical (unpaired) electrons.